The normalized spacial score (nSPS) is 10.8. The third-order valence-corrected chi connectivity index (χ3v) is 3.34. The highest BCUT2D eigenvalue weighted by molar-refractivity contribution is 6.30. The molecular formula is C15H10ClF2N3. The standard InChI is InChI=1S/C15H10ClF2N3/c16-11-6-5-9(7-13(11)18)21-15(19)8-14(20-21)10-3-1-2-4-12(10)17/h1-8H,19H2. The maximum absolute atomic E-state index is 13.8. The minimum atomic E-state index is -0.573. The SMILES string of the molecule is Nc1cc(-c2ccccc2F)nn1-c1ccc(Cl)c(F)c1. The van der Waals surface area contributed by atoms with Crippen molar-refractivity contribution in [3.8, 4) is 16.9 Å². The topological polar surface area (TPSA) is 43.8 Å². The minimum Gasteiger partial charge on any atom is -0.384 e. The van der Waals surface area contributed by atoms with Gasteiger partial charge in [0, 0.05) is 17.7 Å². The van der Waals surface area contributed by atoms with Crippen molar-refractivity contribution in [3.63, 3.8) is 0 Å². The second-order valence-electron chi connectivity index (χ2n) is 4.44. The highest BCUT2D eigenvalue weighted by Gasteiger charge is 2.13. The lowest BCUT2D eigenvalue weighted by Crippen LogP contribution is -2.02. The van der Waals surface area contributed by atoms with Crippen molar-refractivity contribution in [2.24, 2.45) is 0 Å². The molecule has 1 aromatic heterocycles. The van der Waals surface area contributed by atoms with E-state index in [0.717, 1.165) is 0 Å². The van der Waals surface area contributed by atoms with Crippen LogP contribution in [-0.4, -0.2) is 9.78 Å². The van der Waals surface area contributed by atoms with Gasteiger partial charge in [0.25, 0.3) is 0 Å². The van der Waals surface area contributed by atoms with E-state index >= 15 is 0 Å². The van der Waals surface area contributed by atoms with E-state index < -0.39 is 11.6 Å². The number of aromatic nitrogens is 2. The van der Waals surface area contributed by atoms with Crippen LogP contribution >= 0.6 is 11.6 Å². The van der Waals surface area contributed by atoms with E-state index in [9.17, 15) is 8.78 Å². The number of anilines is 1. The van der Waals surface area contributed by atoms with Crippen molar-refractivity contribution < 1.29 is 8.78 Å². The first-order chi connectivity index (χ1) is 10.1. The second kappa shape index (κ2) is 5.18. The average Bonchev–Trinajstić information content (AvgIpc) is 2.84. The summed E-state index contributed by atoms with van der Waals surface area (Å²) in [5, 5.41) is 4.24. The summed E-state index contributed by atoms with van der Waals surface area (Å²) in [5.41, 5.74) is 6.99. The summed E-state index contributed by atoms with van der Waals surface area (Å²) >= 11 is 5.64. The highest BCUT2D eigenvalue weighted by Crippen LogP contribution is 2.26. The number of rotatable bonds is 2. The van der Waals surface area contributed by atoms with Gasteiger partial charge in [0.1, 0.15) is 17.5 Å². The van der Waals surface area contributed by atoms with Gasteiger partial charge in [-0.2, -0.15) is 5.10 Å². The lowest BCUT2D eigenvalue weighted by atomic mass is 10.1. The number of nitrogens with zero attached hydrogens (tertiary/aromatic N) is 2. The van der Waals surface area contributed by atoms with Crippen LogP contribution in [0.5, 0.6) is 0 Å². The third kappa shape index (κ3) is 2.48. The van der Waals surface area contributed by atoms with Gasteiger partial charge in [-0.15, -0.1) is 0 Å². The molecule has 0 amide bonds. The smallest absolute Gasteiger partial charge is 0.143 e. The molecule has 1 heterocycles. The van der Waals surface area contributed by atoms with Crippen LogP contribution < -0.4 is 5.73 Å². The minimum absolute atomic E-state index is 0.0128. The van der Waals surface area contributed by atoms with Crippen LogP contribution in [0, 0.1) is 11.6 Å². The molecule has 0 spiro atoms. The molecule has 2 aromatic carbocycles. The molecule has 0 fully saturated rings. The van der Waals surface area contributed by atoms with Crippen molar-refractivity contribution in [2.45, 2.75) is 0 Å². The van der Waals surface area contributed by atoms with E-state index in [4.69, 9.17) is 17.3 Å². The van der Waals surface area contributed by atoms with Gasteiger partial charge < -0.3 is 5.73 Å². The maximum atomic E-state index is 13.8. The van der Waals surface area contributed by atoms with E-state index in [2.05, 4.69) is 5.10 Å². The van der Waals surface area contributed by atoms with Gasteiger partial charge in [0.2, 0.25) is 0 Å². The molecular weight excluding hydrogens is 296 g/mol. The zero-order valence-electron chi connectivity index (χ0n) is 10.7. The molecule has 0 radical (unpaired) electrons. The van der Waals surface area contributed by atoms with Crippen LogP contribution in [-0.2, 0) is 0 Å². The Balaban J connectivity index is 2.10. The van der Waals surface area contributed by atoms with Gasteiger partial charge in [-0.25, -0.2) is 13.5 Å². The van der Waals surface area contributed by atoms with Crippen molar-refractivity contribution in [1.29, 1.82) is 0 Å². The Kier molecular flexibility index (Phi) is 3.35. The van der Waals surface area contributed by atoms with E-state index in [1.807, 2.05) is 0 Å². The first-order valence-corrected chi connectivity index (χ1v) is 6.50. The molecule has 0 saturated heterocycles. The first-order valence-electron chi connectivity index (χ1n) is 6.12. The van der Waals surface area contributed by atoms with E-state index in [1.165, 1.54) is 28.9 Å². The van der Waals surface area contributed by atoms with E-state index in [-0.39, 0.29) is 10.8 Å². The van der Waals surface area contributed by atoms with Crippen molar-refractivity contribution in [2.75, 3.05) is 5.73 Å². The van der Waals surface area contributed by atoms with Crippen LogP contribution in [0.1, 0.15) is 0 Å². The average molecular weight is 306 g/mol. The fourth-order valence-electron chi connectivity index (χ4n) is 2.02. The fourth-order valence-corrected chi connectivity index (χ4v) is 2.14. The monoisotopic (exact) mass is 305 g/mol. The second-order valence-corrected chi connectivity index (χ2v) is 4.85. The zero-order chi connectivity index (χ0) is 15.0. The predicted octanol–water partition coefficient (Wildman–Crippen LogP) is 4.05. The molecule has 0 bridgehead atoms. The number of benzene rings is 2. The van der Waals surface area contributed by atoms with Gasteiger partial charge in [-0.3, -0.25) is 0 Å². The van der Waals surface area contributed by atoms with Crippen molar-refractivity contribution >= 4 is 17.4 Å². The van der Waals surface area contributed by atoms with Crippen LogP contribution in [0.15, 0.2) is 48.5 Å². The molecule has 0 atom stereocenters. The molecule has 106 valence electrons. The molecule has 6 heteroatoms. The molecule has 0 aliphatic rings. The van der Waals surface area contributed by atoms with Crippen LogP contribution in [0.3, 0.4) is 0 Å². The Morgan fingerprint density at radius 1 is 1.00 bits per heavy atom. The molecule has 3 nitrogen and oxygen atoms in total. The Hall–Kier alpha value is -2.40. The summed E-state index contributed by atoms with van der Waals surface area (Å²) in [5.74, 6) is -0.698. The summed E-state index contributed by atoms with van der Waals surface area (Å²) in [6.07, 6.45) is 0. The maximum Gasteiger partial charge on any atom is 0.143 e. The number of halogens is 3. The molecule has 0 aliphatic carbocycles. The molecule has 21 heavy (non-hydrogen) atoms. The Bertz CT molecular complexity index is 814. The summed E-state index contributed by atoms with van der Waals surface area (Å²) in [6.45, 7) is 0. The Morgan fingerprint density at radius 2 is 1.76 bits per heavy atom. The van der Waals surface area contributed by atoms with Gasteiger partial charge in [-0.1, -0.05) is 23.7 Å². The van der Waals surface area contributed by atoms with Crippen LogP contribution in [0.4, 0.5) is 14.6 Å². The van der Waals surface area contributed by atoms with Crippen LogP contribution in [0.2, 0.25) is 5.02 Å². The molecule has 3 rings (SSSR count). The number of nitrogen functional groups attached to an aromatic ring is 1. The van der Waals surface area contributed by atoms with Gasteiger partial charge >= 0.3 is 0 Å². The molecule has 2 N–H and O–H groups in total. The Labute approximate surface area is 124 Å². The van der Waals surface area contributed by atoms with Crippen molar-refractivity contribution in [1.82, 2.24) is 9.78 Å². The van der Waals surface area contributed by atoms with Crippen LogP contribution in [0.25, 0.3) is 16.9 Å². The number of nitrogens with two attached hydrogens (primary N) is 1. The lowest BCUT2D eigenvalue weighted by molar-refractivity contribution is 0.625. The van der Waals surface area contributed by atoms with Gasteiger partial charge in [-0.05, 0) is 24.3 Å². The van der Waals surface area contributed by atoms with Gasteiger partial charge in [0.15, 0.2) is 0 Å². The zero-order valence-corrected chi connectivity index (χ0v) is 11.5. The molecule has 0 aliphatic heterocycles. The largest absolute Gasteiger partial charge is 0.384 e. The summed E-state index contributed by atoms with van der Waals surface area (Å²) in [4.78, 5) is 0. The third-order valence-electron chi connectivity index (χ3n) is 3.03. The van der Waals surface area contributed by atoms with Crippen molar-refractivity contribution in [3.05, 3.63) is 65.2 Å². The number of hydrogen-bond acceptors (Lipinski definition) is 2. The predicted molar refractivity (Wildman–Crippen MR) is 78.3 cm³/mol. The molecule has 0 saturated carbocycles. The number of hydrogen-bond donors (Lipinski definition) is 1. The van der Waals surface area contributed by atoms with E-state index in [0.29, 0.717) is 16.9 Å². The summed E-state index contributed by atoms with van der Waals surface area (Å²) in [7, 11) is 0. The Morgan fingerprint density at radius 3 is 2.48 bits per heavy atom. The molecule has 0 unspecified atom stereocenters. The lowest BCUT2D eigenvalue weighted by Gasteiger charge is -2.04. The highest BCUT2D eigenvalue weighted by atomic mass is 35.5. The van der Waals surface area contributed by atoms with E-state index in [1.54, 1.807) is 24.3 Å². The first kappa shape index (κ1) is 13.6. The molecule has 3 aromatic rings. The quantitative estimate of drug-likeness (QED) is 0.776. The summed E-state index contributed by atoms with van der Waals surface area (Å²) < 4.78 is 28.6. The summed E-state index contributed by atoms with van der Waals surface area (Å²) in [6, 6.07) is 12.0. The fraction of sp³-hybridized carbons (Fsp3) is 0. The van der Waals surface area contributed by atoms with Gasteiger partial charge in [0.05, 0.1) is 16.4 Å².